The van der Waals surface area contributed by atoms with Gasteiger partial charge in [-0.25, -0.2) is 0 Å². The van der Waals surface area contributed by atoms with Gasteiger partial charge in [0.05, 0.1) is 36.4 Å². The zero-order valence-electron chi connectivity index (χ0n) is 14.6. The summed E-state index contributed by atoms with van der Waals surface area (Å²) >= 11 is 0. The number of azo groups is 2. The Kier molecular flexibility index (Phi) is 6.72. The van der Waals surface area contributed by atoms with E-state index in [1.54, 1.807) is 0 Å². The molecule has 3 saturated carbocycles. The first-order valence-electron chi connectivity index (χ1n) is 9.88. The van der Waals surface area contributed by atoms with Gasteiger partial charge < -0.3 is 10.2 Å². The largest absolute Gasteiger partial charge is 0.391 e. The fraction of sp³-hybridized carbons (Fsp3) is 1.00. The summed E-state index contributed by atoms with van der Waals surface area (Å²) in [6.07, 6.45) is 11.6. The maximum Gasteiger partial charge on any atom is 0.0989 e. The van der Waals surface area contributed by atoms with Gasteiger partial charge in [0, 0.05) is 12.8 Å². The van der Waals surface area contributed by atoms with Gasteiger partial charge in [0.15, 0.2) is 0 Å². The number of rotatable bonds is 4. The molecule has 2 N–H and O–H groups in total. The Morgan fingerprint density at radius 3 is 1.33 bits per heavy atom. The van der Waals surface area contributed by atoms with Crippen molar-refractivity contribution in [2.45, 2.75) is 113 Å². The van der Waals surface area contributed by atoms with E-state index in [9.17, 15) is 10.2 Å². The normalized spacial score (nSPS) is 37.4. The SMILES string of the molecule is OC1CC(O)C(N=NC2CCCCC2)CC1N=NC1CCCCC1. The highest BCUT2D eigenvalue weighted by atomic mass is 16.3. The van der Waals surface area contributed by atoms with Gasteiger partial charge in [-0.2, -0.15) is 20.5 Å². The van der Waals surface area contributed by atoms with Crippen molar-refractivity contribution >= 4 is 0 Å². The maximum absolute atomic E-state index is 10.2. The number of hydrogen-bond donors (Lipinski definition) is 2. The molecule has 0 saturated heterocycles. The van der Waals surface area contributed by atoms with Gasteiger partial charge in [-0.1, -0.05) is 38.5 Å². The molecule has 0 aliphatic heterocycles. The third kappa shape index (κ3) is 5.06. The Balaban J connectivity index is 1.54. The molecule has 0 aromatic carbocycles. The Bertz CT molecular complexity index is 393. The topological polar surface area (TPSA) is 89.9 Å². The van der Waals surface area contributed by atoms with E-state index in [2.05, 4.69) is 20.5 Å². The molecule has 0 amide bonds. The molecular weight excluding hydrogens is 304 g/mol. The molecule has 3 aliphatic rings. The summed E-state index contributed by atoms with van der Waals surface area (Å²) < 4.78 is 0. The van der Waals surface area contributed by atoms with Crippen molar-refractivity contribution in [3.8, 4) is 0 Å². The van der Waals surface area contributed by atoms with Crippen LogP contribution < -0.4 is 0 Å². The van der Waals surface area contributed by atoms with Crippen LogP contribution in [-0.4, -0.2) is 46.6 Å². The molecule has 4 unspecified atom stereocenters. The lowest BCUT2D eigenvalue weighted by Crippen LogP contribution is -2.43. The first kappa shape index (κ1) is 17.9. The summed E-state index contributed by atoms with van der Waals surface area (Å²) in [6, 6.07) is 0.150. The van der Waals surface area contributed by atoms with Crippen LogP contribution in [0.25, 0.3) is 0 Å². The Morgan fingerprint density at radius 2 is 0.917 bits per heavy atom. The predicted molar refractivity (Wildman–Crippen MR) is 92.3 cm³/mol. The third-order valence-corrected chi connectivity index (χ3v) is 5.76. The second-order valence-corrected chi connectivity index (χ2v) is 7.79. The van der Waals surface area contributed by atoms with Crippen LogP contribution >= 0.6 is 0 Å². The molecule has 136 valence electrons. The molecule has 6 heteroatoms. The van der Waals surface area contributed by atoms with Gasteiger partial charge in [-0.3, -0.25) is 0 Å². The standard InChI is InChI=1S/C18H32N4O2/c23-17-12-18(24)16(22-20-14-9-5-2-6-10-14)11-15(17)21-19-13-7-3-1-4-8-13/h13-18,23-24H,1-12H2. The summed E-state index contributed by atoms with van der Waals surface area (Å²) in [7, 11) is 0. The molecule has 3 fully saturated rings. The third-order valence-electron chi connectivity index (χ3n) is 5.76. The summed E-state index contributed by atoms with van der Waals surface area (Å²) in [6.45, 7) is 0. The van der Waals surface area contributed by atoms with Crippen LogP contribution in [0.2, 0.25) is 0 Å². The van der Waals surface area contributed by atoms with E-state index in [1.165, 1.54) is 38.5 Å². The van der Waals surface area contributed by atoms with Crippen molar-refractivity contribution in [1.29, 1.82) is 0 Å². The molecule has 0 aromatic rings. The first-order chi connectivity index (χ1) is 11.7. The molecule has 3 rings (SSSR count). The Morgan fingerprint density at radius 1 is 0.500 bits per heavy atom. The van der Waals surface area contributed by atoms with E-state index >= 15 is 0 Å². The quantitative estimate of drug-likeness (QED) is 0.764. The lowest BCUT2D eigenvalue weighted by Gasteiger charge is -2.32. The van der Waals surface area contributed by atoms with Crippen LogP contribution in [0.15, 0.2) is 20.5 Å². The molecule has 0 radical (unpaired) electrons. The van der Waals surface area contributed by atoms with Crippen LogP contribution in [-0.2, 0) is 0 Å². The molecule has 0 spiro atoms. The highest BCUT2D eigenvalue weighted by molar-refractivity contribution is 4.93. The molecule has 0 heterocycles. The van der Waals surface area contributed by atoms with Crippen molar-refractivity contribution < 1.29 is 10.2 Å². The number of nitrogens with zero attached hydrogens (tertiary/aromatic N) is 4. The minimum atomic E-state index is -0.617. The van der Waals surface area contributed by atoms with Gasteiger partial charge in [-0.15, -0.1) is 0 Å². The molecule has 0 aromatic heterocycles. The van der Waals surface area contributed by atoms with Crippen LogP contribution in [0.5, 0.6) is 0 Å². The maximum atomic E-state index is 10.2. The van der Waals surface area contributed by atoms with E-state index in [0.717, 1.165) is 25.7 Å². The monoisotopic (exact) mass is 336 g/mol. The van der Waals surface area contributed by atoms with Crippen LogP contribution in [0.1, 0.15) is 77.0 Å². The fourth-order valence-corrected chi connectivity index (χ4v) is 4.12. The van der Waals surface area contributed by atoms with E-state index in [4.69, 9.17) is 0 Å². The van der Waals surface area contributed by atoms with Crippen molar-refractivity contribution in [1.82, 2.24) is 0 Å². The van der Waals surface area contributed by atoms with Gasteiger partial charge >= 0.3 is 0 Å². The Labute approximate surface area is 144 Å². The van der Waals surface area contributed by atoms with E-state index in [-0.39, 0.29) is 12.1 Å². The van der Waals surface area contributed by atoms with Crippen molar-refractivity contribution in [3.63, 3.8) is 0 Å². The van der Waals surface area contributed by atoms with E-state index < -0.39 is 12.2 Å². The van der Waals surface area contributed by atoms with Crippen LogP contribution in [0.3, 0.4) is 0 Å². The predicted octanol–water partition coefficient (Wildman–Crippen LogP) is 3.81. The molecule has 4 atom stereocenters. The number of aliphatic hydroxyl groups is 2. The minimum absolute atomic E-state index is 0.245. The average Bonchev–Trinajstić information content (AvgIpc) is 2.62. The average molecular weight is 336 g/mol. The molecule has 24 heavy (non-hydrogen) atoms. The van der Waals surface area contributed by atoms with Gasteiger partial charge in [0.1, 0.15) is 0 Å². The summed E-state index contributed by atoms with van der Waals surface area (Å²) in [5, 5.41) is 38.2. The lowest BCUT2D eigenvalue weighted by molar-refractivity contribution is 0.0116. The fourth-order valence-electron chi connectivity index (χ4n) is 4.12. The van der Waals surface area contributed by atoms with Gasteiger partial charge in [0.25, 0.3) is 0 Å². The summed E-state index contributed by atoms with van der Waals surface area (Å²) in [5.74, 6) is 0. The number of hydrogen-bond acceptors (Lipinski definition) is 6. The highest BCUT2D eigenvalue weighted by Crippen LogP contribution is 2.28. The van der Waals surface area contributed by atoms with Crippen LogP contribution in [0.4, 0.5) is 0 Å². The second kappa shape index (κ2) is 8.99. The highest BCUT2D eigenvalue weighted by Gasteiger charge is 2.36. The summed E-state index contributed by atoms with van der Waals surface area (Å²) in [5.41, 5.74) is 0. The van der Waals surface area contributed by atoms with Crippen molar-refractivity contribution in [2.24, 2.45) is 20.5 Å². The summed E-state index contributed by atoms with van der Waals surface area (Å²) in [4.78, 5) is 0. The molecular formula is C18H32N4O2. The van der Waals surface area contributed by atoms with Crippen molar-refractivity contribution in [3.05, 3.63) is 0 Å². The van der Waals surface area contributed by atoms with Crippen molar-refractivity contribution in [2.75, 3.05) is 0 Å². The lowest BCUT2D eigenvalue weighted by atomic mass is 9.87. The van der Waals surface area contributed by atoms with Gasteiger partial charge in [0.2, 0.25) is 0 Å². The zero-order chi connectivity index (χ0) is 16.8. The smallest absolute Gasteiger partial charge is 0.0989 e. The Hall–Kier alpha value is -0.880. The molecule has 0 bridgehead atoms. The zero-order valence-corrected chi connectivity index (χ0v) is 14.6. The van der Waals surface area contributed by atoms with Crippen LogP contribution in [0, 0.1) is 0 Å². The second-order valence-electron chi connectivity index (χ2n) is 7.79. The van der Waals surface area contributed by atoms with E-state index in [1.807, 2.05) is 0 Å². The minimum Gasteiger partial charge on any atom is -0.391 e. The van der Waals surface area contributed by atoms with Gasteiger partial charge in [-0.05, 0) is 25.7 Å². The van der Waals surface area contributed by atoms with E-state index in [0.29, 0.717) is 24.9 Å². The first-order valence-corrected chi connectivity index (χ1v) is 9.88. The number of aliphatic hydroxyl groups excluding tert-OH is 2. The molecule has 6 nitrogen and oxygen atoms in total. The molecule has 3 aliphatic carbocycles.